The number of carboxylic acids is 1. The van der Waals surface area contributed by atoms with E-state index in [1.165, 1.54) is 45.3 Å². The summed E-state index contributed by atoms with van der Waals surface area (Å²) >= 11 is 0. The van der Waals surface area contributed by atoms with Crippen molar-refractivity contribution in [1.82, 2.24) is 4.31 Å². The van der Waals surface area contributed by atoms with E-state index in [1.807, 2.05) is 0 Å². The monoisotopic (exact) mass is 345 g/mol. The van der Waals surface area contributed by atoms with Gasteiger partial charge in [0.05, 0.1) is 17.9 Å². The van der Waals surface area contributed by atoms with Gasteiger partial charge in [-0.1, -0.05) is 6.92 Å². The number of rotatable bonds is 8. The van der Waals surface area contributed by atoms with E-state index in [0.717, 1.165) is 4.31 Å². The summed E-state index contributed by atoms with van der Waals surface area (Å²) in [6, 6.07) is 5.46. The highest BCUT2D eigenvalue weighted by Gasteiger charge is 2.24. The second kappa shape index (κ2) is 7.93. The van der Waals surface area contributed by atoms with Gasteiger partial charge in [0.1, 0.15) is 5.75 Å². The van der Waals surface area contributed by atoms with Crippen LogP contribution in [0.1, 0.15) is 6.92 Å². The van der Waals surface area contributed by atoms with Crippen LogP contribution < -0.4 is 4.74 Å². The minimum Gasteiger partial charge on any atom is -0.482 e. The van der Waals surface area contributed by atoms with E-state index in [-0.39, 0.29) is 18.0 Å². The molecular weight excluding hydrogens is 326 g/mol. The molecule has 0 aliphatic rings. The van der Waals surface area contributed by atoms with E-state index in [4.69, 9.17) is 9.84 Å². The van der Waals surface area contributed by atoms with Crippen molar-refractivity contribution in [1.29, 1.82) is 0 Å². The van der Waals surface area contributed by atoms with E-state index in [9.17, 15) is 18.0 Å². The zero-order valence-corrected chi connectivity index (χ0v) is 13.9. The lowest BCUT2D eigenvalue weighted by Gasteiger charge is -2.19. The van der Waals surface area contributed by atoms with Gasteiger partial charge >= 0.3 is 11.9 Å². The predicted octanol–water partition coefficient (Wildman–Crippen LogP) is 0.580. The normalized spacial score (nSPS) is 12.7. The Morgan fingerprint density at radius 3 is 2.30 bits per heavy atom. The molecule has 0 aliphatic heterocycles. The molecule has 8 nitrogen and oxygen atoms in total. The van der Waals surface area contributed by atoms with Gasteiger partial charge in [-0.3, -0.25) is 4.79 Å². The molecule has 0 amide bonds. The second-order valence-corrected chi connectivity index (χ2v) is 6.91. The molecule has 0 saturated heterocycles. The third-order valence-corrected chi connectivity index (χ3v) is 4.91. The van der Waals surface area contributed by atoms with Crippen LogP contribution in [0.5, 0.6) is 5.75 Å². The van der Waals surface area contributed by atoms with Gasteiger partial charge in [0.25, 0.3) is 0 Å². The summed E-state index contributed by atoms with van der Waals surface area (Å²) in [5.74, 6) is -2.13. The number of aliphatic carboxylic acids is 1. The van der Waals surface area contributed by atoms with E-state index < -0.39 is 27.9 Å². The molecule has 1 aromatic carbocycles. The van der Waals surface area contributed by atoms with Gasteiger partial charge in [-0.05, 0) is 24.3 Å². The van der Waals surface area contributed by atoms with Crippen molar-refractivity contribution in [2.75, 3.05) is 27.3 Å². The van der Waals surface area contributed by atoms with Gasteiger partial charge in [-0.2, -0.15) is 0 Å². The Morgan fingerprint density at radius 2 is 1.83 bits per heavy atom. The Morgan fingerprint density at radius 1 is 1.26 bits per heavy atom. The smallest absolute Gasteiger partial charge is 0.343 e. The molecule has 0 saturated carbocycles. The third-order valence-electron chi connectivity index (χ3n) is 3.07. The Hall–Kier alpha value is -2.13. The fourth-order valence-electron chi connectivity index (χ4n) is 1.65. The van der Waals surface area contributed by atoms with Crippen molar-refractivity contribution < 1.29 is 32.6 Å². The molecule has 0 fully saturated rings. The van der Waals surface area contributed by atoms with Crippen LogP contribution in [0.4, 0.5) is 0 Å². The number of carbonyl (C=O) groups is 2. The van der Waals surface area contributed by atoms with Gasteiger partial charge in [0.15, 0.2) is 6.61 Å². The molecule has 0 radical (unpaired) electrons. The number of benzene rings is 1. The molecule has 0 bridgehead atoms. The molecule has 0 aromatic heterocycles. The van der Waals surface area contributed by atoms with Gasteiger partial charge in [0.2, 0.25) is 10.0 Å². The number of methoxy groups -OCH3 is 1. The Bertz CT molecular complexity index is 654. The van der Waals surface area contributed by atoms with Gasteiger partial charge in [-0.25, -0.2) is 17.5 Å². The predicted molar refractivity (Wildman–Crippen MR) is 80.6 cm³/mol. The highest BCUT2D eigenvalue weighted by molar-refractivity contribution is 7.89. The fourth-order valence-corrected chi connectivity index (χ4v) is 2.91. The first-order chi connectivity index (χ1) is 10.7. The van der Waals surface area contributed by atoms with Crippen molar-refractivity contribution in [3.05, 3.63) is 24.3 Å². The van der Waals surface area contributed by atoms with Crippen molar-refractivity contribution in [2.45, 2.75) is 11.8 Å². The number of hydrogen-bond acceptors (Lipinski definition) is 6. The van der Waals surface area contributed by atoms with Gasteiger partial charge in [-0.15, -0.1) is 0 Å². The largest absolute Gasteiger partial charge is 0.482 e. The van der Waals surface area contributed by atoms with Crippen molar-refractivity contribution in [3.63, 3.8) is 0 Å². The van der Waals surface area contributed by atoms with Crippen molar-refractivity contribution in [3.8, 4) is 5.75 Å². The molecule has 9 heteroatoms. The molecule has 0 spiro atoms. The molecule has 128 valence electrons. The molecule has 0 aliphatic carbocycles. The summed E-state index contributed by atoms with van der Waals surface area (Å²) in [5.41, 5.74) is 0. The van der Waals surface area contributed by atoms with Crippen LogP contribution in [0.15, 0.2) is 29.2 Å². The van der Waals surface area contributed by atoms with Gasteiger partial charge in [0, 0.05) is 13.6 Å². The number of nitrogens with zero attached hydrogens (tertiary/aromatic N) is 1. The summed E-state index contributed by atoms with van der Waals surface area (Å²) in [4.78, 5) is 21.8. The molecule has 1 N–H and O–H groups in total. The summed E-state index contributed by atoms with van der Waals surface area (Å²) in [7, 11) is -1.25. The molecule has 0 heterocycles. The number of ether oxygens (including phenoxy) is 2. The lowest BCUT2D eigenvalue weighted by molar-refractivity contribution is -0.143. The summed E-state index contributed by atoms with van der Waals surface area (Å²) in [6.07, 6.45) is 0. The lowest BCUT2D eigenvalue weighted by Crippen LogP contribution is -2.33. The number of carboxylic acid groups (broad SMARTS) is 1. The van der Waals surface area contributed by atoms with Crippen LogP contribution in [-0.4, -0.2) is 57.1 Å². The minimum absolute atomic E-state index is 0.00278. The molecular formula is C14H19NO7S. The number of carbonyl (C=O) groups excluding carboxylic acids is 1. The Balaban J connectivity index is 2.81. The van der Waals surface area contributed by atoms with E-state index in [1.54, 1.807) is 0 Å². The zero-order valence-electron chi connectivity index (χ0n) is 13.1. The summed E-state index contributed by atoms with van der Waals surface area (Å²) in [5, 5.41) is 8.85. The first kappa shape index (κ1) is 18.9. The lowest BCUT2D eigenvalue weighted by atomic mass is 10.2. The topological polar surface area (TPSA) is 110 Å². The molecule has 1 unspecified atom stereocenters. The highest BCUT2D eigenvalue weighted by atomic mass is 32.2. The Labute approximate surface area is 134 Å². The zero-order chi connectivity index (χ0) is 17.6. The van der Waals surface area contributed by atoms with E-state index in [0.29, 0.717) is 5.75 Å². The van der Waals surface area contributed by atoms with Crippen molar-refractivity contribution in [2.24, 2.45) is 5.92 Å². The SMILES string of the molecule is COC(=O)COc1ccc(S(=O)(=O)N(C)CC(C)C(=O)O)cc1. The molecule has 1 aromatic rings. The number of hydrogen-bond donors (Lipinski definition) is 1. The van der Waals surface area contributed by atoms with Crippen LogP contribution in [0.25, 0.3) is 0 Å². The van der Waals surface area contributed by atoms with Gasteiger partial charge < -0.3 is 14.6 Å². The number of esters is 1. The molecule has 1 atom stereocenters. The van der Waals surface area contributed by atoms with E-state index >= 15 is 0 Å². The molecule has 1 rings (SSSR count). The highest BCUT2D eigenvalue weighted by Crippen LogP contribution is 2.19. The average Bonchev–Trinajstić information content (AvgIpc) is 2.52. The minimum atomic E-state index is -3.80. The maximum absolute atomic E-state index is 12.3. The standard InChI is InChI=1S/C14H19NO7S/c1-10(14(17)18)8-15(2)23(19,20)12-6-4-11(5-7-12)22-9-13(16)21-3/h4-7,10H,8-9H2,1-3H3,(H,17,18). The maximum Gasteiger partial charge on any atom is 0.343 e. The van der Waals surface area contributed by atoms with Crippen LogP contribution in [0.3, 0.4) is 0 Å². The number of sulfonamides is 1. The quantitative estimate of drug-likeness (QED) is 0.686. The van der Waals surface area contributed by atoms with Crippen LogP contribution >= 0.6 is 0 Å². The molecule has 23 heavy (non-hydrogen) atoms. The van der Waals surface area contributed by atoms with Crippen LogP contribution in [0.2, 0.25) is 0 Å². The maximum atomic E-state index is 12.3. The van der Waals surface area contributed by atoms with Crippen LogP contribution in [0, 0.1) is 5.92 Å². The van der Waals surface area contributed by atoms with Crippen molar-refractivity contribution >= 4 is 22.0 Å². The third kappa shape index (κ3) is 5.22. The first-order valence-electron chi connectivity index (χ1n) is 6.67. The summed E-state index contributed by atoms with van der Waals surface area (Å²) in [6.45, 7) is 1.01. The van der Waals surface area contributed by atoms with E-state index in [2.05, 4.69) is 4.74 Å². The summed E-state index contributed by atoms with van der Waals surface area (Å²) < 4.78 is 35.2. The Kier molecular flexibility index (Phi) is 6.52. The first-order valence-corrected chi connectivity index (χ1v) is 8.11. The average molecular weight is 345 g/mol. The van der Waals surface area contributed by atoms with Crippen LogP contribution in [-0.2, 0) is 24.3 Å². The second-order valence-electron chi connectivity index (χ2n) is 4.86. The fraction of sp³-hybridized carbons (Fsp3) is 0.429.